The van der Waals surface area contributed by atoms with Gasteiger partial charge in [-0.05, 0) is 64.4 Å². The maximum Gasteiger partial charge on any atom is 0.224 e. The fourth-order valence-electron chi connectivity index (χ4n) is 5.23. The number of ether oxygens (including phenoxy) is 1. The van der Waals surface area contributed by atoms with E-state index in [9.17, 15) is 18.6 Å². The number of rotatable bonds is 11. The summed E-state index contributed by atoms with van der Waals surface area (Å²) in [6.45, 7) is 6.92. The summed E-state index contributed by atoms with van der Waals surface area (Å²) in [5.41, 5.74) is 2.65. The lowest BCUT2D eigenvalue weighted by atomic mass is 10.0. The molecule has 2 aliphatic carbocycles. The minimum atomic E-state index is -3.18. The lowest BCUT2D eigenvalue weighted by molar-refractivity contribution is 0.0169. The molecule has 4 N–H and O–H groups in total. The number of aromatic nitrogens is 3. The van der Waals surface area contributed by atoms with Crippen molar-refractivity contribution in [2.45, 2.75) is 64.7 Å². The fourth-order valence-corrected chi connectivity index (χ4v) is 5.96. The highest BCUT2D eigenvalue weighted by molar-refractivity contribution is 7.90. The smallest absolute Gasteiger partial charge is 0.224 e. The number of sulfone groups is 1. The van der Waals surface area contributed by atoms with E-state index in [1.807, 2.05) is 32.9 Å². The molecule has 0 saturated heterocycles. The number of aliphatic hydroxyl groups excluding tert-OH is 2. The second-order valence-electron chi connectivity index (χ2n) is 10.8. The number of anilines is 2. The van der Waals surface area contributed by atoms with Crippen molar-refractivity contribution < 1.29 is 27.8 Å². The van der Waals surface area contributed by atoms with Gasteiger partial charge in [-0.15, -0.1) is 0 Å². The van der Waals surface area contributed by atoms with Crippen LogP contribution in [0.25, 0.3) is 22.3 Å². The highest BCUT2D eigenvalue weighted by atomic mass is 32.2. The number of nitrogens with one attached hydrogen (secondary N) is 2. The number of furan rings is 1. The summed E-state index contributed by atoms with van der Waals surface area (Å²) < 4.78 is 35.2. The molecule has 5 rings (SSSR count). The maximum atomic E-state index is 11.7. The van der Waals surface area contributed by atoms with Crippen molar-refractivity contribution >= 4 is 32.6 Å². The first kappa shape index (κ1) is 27.6. The van der Waals surface area contributed by atoms with Gasteiger partial charge in [-0.3, -0.25) is 0 Å². The summed E-state index contributed by atoms with van der Waals surface area (Å²) >= 11 is 0. The van der Waals surface area contributed by atoms with E-state index in [1.165, 1.54) is 19.1 Å². The van der Waals surface area contributed by atoms with Crippen LogP contribution in [-0.2, 0) is 9.84 Å². The fraction of sp³-hybridized carbons (Fsp3) is 0.593. The third-order valence-corrected chi connectivity index (χ3v) is 8.48. The average Bonchev–Trinajstić information content (AvgIpc) is 3.54. The van der Waals surface area contributed by atoms with Crippen LogP contribution in [0.3, 0.4) is 0 Å². The molecule has 3 heterocycles. The highest BCUT2D eigenvalue weighted by Gasteiger charge is 2.42. The monoisotopic (exact) mass is 559 g/mol. The molecular weight excluding hydrogens is 522 g/mol. The second-order valence-corrected chi connectivity index (χ2v) is 13.1. The molecule has 0 aliphatic heterocycles. The van der Waals surface area contributed by atoms with Crippen LogP contribution in [0.4, 0.5) is 11.8 Å². The van der Waals surface area contributed by atoms with Crippen molar-refractivity contribution in [3.05, 3.63) is 23.5 Å². The van der Waals surface area contributed by atoms with Crippen LogP contribution >= 0.6 is 0 Å². The van der Waals surface area contributed by atoms with Gasteiger partial charge in [0.2, 0.25) is 11.8 Å². The van der Waals surface area contributed by atoms with Gasteiger partial charge in [0.25, 0.3) is 0 Å². The average molecular weight is 560 g/mol. The third kappa shape index (κ3) is 6.28. The molecule has 212 valence electrons. The first-order valence-electron chi connectivity index (χ1n) is 13.5. The van der Waals surface area contributed by atoms with Crippen molar-refractivity contribution in [2.24, 2.45) is 11.8 Å². The zero-order chi connectivity index (χ0) is 27.9. The van der Waals surface area contributed by atoms with Gasteiger partial charge in [0.05, 0.1) is 41.5 Å². The van der Waals surface area contributed by atoms with E-state index in [2.05, 4.69) is 20.6 Å². The molecule has 0 spiro atoms. The number of aliphatic hydroxyl groups is 2. The van der Waals surface area contributed by atoms with Crippen molar-refractivity contribution in [3.8, 4) is 17.2 Å². The molecule has 2 fully saturated rings. The minimum Gasteiger partial charge on any atom is -0.478 e. The van der Waals surface area contributed by atoms with Crippen molar-refractivity contribution in [3.63, 3.8) is 0 Å². The van der Waals surface area contributed by atoms with Gasteiger partial charge in [0, 0.05) is 24.3 Å². The van der Waals surface area contributed by atoms with Gasteiger partial charge in [0.15, 0.2) is 5.58 Å². The first-order valence-corrected chi connectivity index (χ1v) is 15.6. The highest BCUT2D eigenvalue weighted by Crippen LogP contribution is 2.39. The minimum absolute atomic E-state index is 0.0443. The van der Waals surface area contributed by atoms with E-state index in [0.29, 0.717) is 64.9 Å². The van der Waals surface area contributed by atoms with E-state index in [1.54, 1.807) is 0 Å². The molecule has 3 aromatic heterocycles. The van der Waals surface area contributed by atoms with Gasteiger partial charge >= 0.3 is 0 Å². The third-order valence-electron chi connectivity index (χ3n) is 7.50. The Hall–Kier alpha value is -2.96. The van der Waals surface area contributed by atoms with Crippen LogP contribution in [0.1, 0.15) is 44.0 Å². The first-order chi connectivity index (χ1) is 18.5. The van der Waals surface area contributed by atoms with Crippen LogP contribution in [-0.4, -0.2) is 77.0 Å². The normalized spacial score (nSPS) is 23.3. The van der Waals surface area contributed by atoms with Crippen LogP contribution in [0.15, 0.2) is 16.5 Å². The number of hydrogen-bond acceptors (Lipinski definition) is 11. The lowest BCUT2D eigenvalue weighted by Gasteiger charge is -2.21. The SMILES string of the molecule is CCOc1cc2cc(-c3c(C)nc(NCC4CC4)nc3N[C@@H]3C[C@H](CCS(C)(=O)=O)[C@@H](O)[C@H]3O)oc2c(C)n1. The number of aryl methyl sites for hydroxylation is 2. The van der Waals surface area contributed by atoms with Crippen LogP contribution < -0.4 is 15.4 Å². The molecule has 2 saturated carbocycles. The Morgan fingerprint density at radius 1 is 1.10 bits per heavy atom. The predicted octanol–water partition coefficient (Wildman–Crippen LogP) is 3.08. The summed E-state index contributed by atoms with van der Waals surface area (Å²) in [5, 5.41) is 29.0. The van der Waals surface area contributed by atoms with E-state index in [0.717, 1.165) is 11.9 Å². The molecule has 0 radical (unpaired) electrons. The topological polar surface area (TPSA) is 160 Å². The molecule has 4 atom stereocenters. The molecule has 0 bridgehead atoms. The van der Waals surface area contributed by atoms with Crippen LogP contribution in [0, 0.1) is 25.7 Å². The summed E-state index contributed by atoms with van der Waals surface area (Å²) in [4.78, 5) is 13.9. The quantitative estimate of drug-likeness (QED) is 0.273. The Morgan fingerprint density at radius 2 is 1.87 bits per heavy atom. The summed E-state index contributed by atoms with van der Waals surface area (Å²) in [6.07, 6.45) is 2.09. The van der Waals surface area contributed by atoms with E-state index >= 15 is 0 Å². The van der Waals surface area contributed by atoms with E-state index < -0.39 is 28.1 Å². The van der Waals surface area contributed by atoms with Crippen LogP contribution in [0.5, 0.6) is 5.88 Å². The Balaban J connectivity index is 1.49. The number of fused-ring (bicyclic) bond motifs is 1. The molecule has 3 aromatic rings. The zero-order valence-corrected chi connectivity index (χ0v) is 23.6. The Labute approximate surface area is 228 Å². The zero-order valence-electron chi connectivity index (χ0n) is 22.8. The molecular formula is C27H37N5O6S. The van der Waals surface area contributed by atoms with Gasteiger partial charge < -0.3 is 30.0 Å². The van der Waals surface area contributed by atoms with Crippen molar-refractivity contribution in [1.82, 2.24) is 15.0 Å². The summed E-state index contributed by atoms with van der Waals surface area (Å²) in [5.74, 6) is 2.22. The number of pyridine rings is 1. The Morgan fingerprint density at radius 3 is 2.56 bits per heavy atom. The van der Waals surface area contributed by atoms with Gasteiger partial charge in [-0.25, -0.2) is 18.4 Å². The molecule has 0 amide bonds. The molecule has 2 aliphatic rings. The van der Waals surface area contributed by atoms with E-state index in [4.69, 9.17) is 14.1 Å². The molecule has 0 unspecified atom stereocenters. The molecule has 12 heteroatoms. The molecule has 0 aromatic carbocycles. The molecule has 39 heavy (non-hydrogen) atoms. The molecule has 11 nitrogen and oxygen atoms in total. The predicted molar refractivity (Wildman–Crippen MR) is 149 cm³/mol. The van der Waals surface area contributed by atoms with Gasteiger partial charge in [-0.2, -0.15) is 4.98 Å². The van der Waals surface area contributed by atoms with E-state index in [-0.39, 0.29) is 18.1 Å². The Kier molecular flexibility index (Phi) is 7.71. The lowest BCUT2D eigenvalue weighted by Crippen LogP contribution is -2.35. The summed E-state index contributed by atoms with van der Waals surface area (Å²) in [6, 6.07) is 3.19. The summed E-state index contributed by atoms with van der Waals surface area (Å²) in [7, 11) is -3.18. The van der Waals surface area contributed by atoms with Gasteiger partial charge in [0.1, 0.15) is 27.5 Å². The second kappa shape index (κ2) is 10.9. The van der Waals surface area contributed by atoms with Crippen LogP contribution in [0.2, 0.25) is 0 Å². The number of nitrogens with zero attached hydrogens (tertiary/aromatic N) is 3. The number of hydrogen-bond donors (Lipinski definition) is 4. The van der Waals surface area contributed by atoms with Crippen molar-refractivity contribution in [2.75, 3.05) is 35.8 Å². The van der Waals surface area contributed by atoms with Crippen molar-refractivity contribution in [1.29, 1.82) is 0 Å². The van der Waals surface area contributed by atoms with Gasteiger partial charge in [-0.1, -0.05) is 0 Å². The maximum absolute atomic E-state index is 11.7. The Bertz CT molecular complexity index is 1450. The standard InChI is InChI=1S/C27H37N5O6S/c1-5-37-21-12-18-11-20(38-25(18)15(3)29-21)22-14(2)30-27(28-13-16-6-7-16)32-26(22)31-19-10-17(23(33)24(19)34)8-9-39(4,35)36/h11-12,16-17,19,23-24,33-34H,5-10,13H2,1-4H3,(H2,28,30,31,32)/t17-,19+,23+,24-/m0/s1. The largest absolute Gasteiger partial charge is 0.478 e.